The molecule has 2 aromatic rings. The van der Waals surface area contributed by atoms with Gasteiger partial charge >= 0.3 is 0 Å². The number of fused-ring (bicyclic) bond motifs is 1. The van der Waals surface area contributed by atoms with Gasteiger partial charge in [-0.3, -0.25) is 4.57 Å². The molecule has 0 fully saturated rings. The summed E-state index contributed by atoms with van der Waals surface area (Å²) in [5, 5.41) is 27.1. The van der Waals surface area contributed by atoms with Gasteiger partial charge in [0, 0.05) is 0 Å². The van der Waals surface area contributed by atoms with Crippen molar-refractivity contribution in [1.29, 1.82) is 0 Å². The van der Waals surface area contributed by atoms with Crippen molar-refractivity contribution in [3.05, 3.63) is 11.6 Å². The predicted octanol–water partition coefficient (Wildman–Crippen LogP) is -0.487. The van der Waals surface area contributed by atoms with Gasteiger partial charge in [0.25, 0.3) is 0 Å². The number of aliphatic hydroxyl groups excluding tert-OH is 2. The predicted molar refractivity (Wildman–Crippen MR) is 61.0 cm³/mol. The molecular formula is C9H11ClN4O4. The molecule has 0 atom stereocenters. The maximum Gasteiger partial charge on any atom is 0.244 e. The van der Waals surface area contributed by atoms with Gasteiger partial charge in [-0.25, -0.2) is 4.98 Å². The van der Waals surface area contributed by atoms with Crippen molar-refractivity contribution < 1.29 is 20.1 Å². The number of aromatic nitrogens is 4. The standard InChI is InChI=1S/C9H11ClN4O4/c10-9-12-7-6(8(17)13-9)11-3-14(7)4-18-5(1-15)2-16/h3,5,15-16H,1-2,4H2,(H,12,13,17). The number of ether oxygens (including phenoxy) is 1. The number of aromatic hydroxyl groups is 1. The minimum Gasteiger partial charge on any atom is -0.492 e. The Kier molecular flexibility index (Phi) is 3.92. The summed E-state index contributed by atoms with van der Waals surface area (Å²) in [7, 11) is 0. The zero-order valence-corrected chi connectivity index (χ0v) is 9.95. The number of halogens is 1. The van der Waals surface area contributed by atoms with Gasteiger partial charge in [0.1, 0.15) is 12.8 Å². The van der Waals surface area contributed by atoms with Gasteiger partial charge < -0.3 is 20.1 Å². The Morgan fingerprint density at radius 2 is 2.06 bits per heavy atom. The van der Waals surface area contributed by atoms with E-state index in [1.54, 1.807) is 0 Å². The normalized spacial score (nSPS) is 11.6. The van der Waals surface area contributed by atoms with Crippen LogP contribution >= 0.6 is 11.6 Å². The molecule has 18 heavy (non-hydrogen) atoms. The van der Waals surface area contributed by atoms with Gasteiger partial charge in [0.15, 0.2) is 11.2 Å². The van der Waals surface area contributed by atoms with E-state index in [1.807, 2.05) is 0 Å². The first-order valence-electron chi connectivity index (χ1n) is 5.06. The number of hydrogen-bond acceptors (Lipinski definition) is 7. The Morgan fingerprint density at radius 1 is 1.33 bits per heavy atom. The molecule has 98 valence electrons. The third-order valence-corrected chi connectivity index (χ3v) is 2.44. The van der Waals surface area contributed by atoms with Gasteiger partial charge in [-0.05, 0) is 11.6 Å². The van der Waals surface area contributed by atoms with Crippen LogP contribution in [-0.2, 0) is 11.5 Å². The van der Waals surface area contributed by atoms with Crippen LogP contribution in [0.5, 0.6) is 5.88 Å². The van der Waals surface area contributed by atoms with Gasteiger partial charge in [-0.15, -0.1) is 0 Å². The van der Waals surface area contributed by atoms with Gasteiger partial charge in [0.05, 0.1) is 19.5 Å². The molecule has 0 unspecified atom stereocenters. The summed E-state index contributed by atoms with van der Waals surface area (Å²) in [6, 6.07) is 0. The highest BCUT2D eigenvalue weighted by molar-refractivity contribution is 6.28. The minimum atomic E-state index is -0.687. The highest BCUT2D eigenvalue weighted by Gasteiger charge is 2.13. The zero-order valence-electron chi connectivity index (χ0n) is 9.19. The lowest BCUT2D eigenvalue weighted by atomic mass is 10.4. The maximum atomic E-state index is 9.50. The number of hydrogen-bond donors (Lipinski definition) is 3. The molecule has 0 aliphatic heterocycles. The van der Waals surface area contributed by atoms with Crippen LogP contribution in [0.3, 0.4) is 0 Å². The molecule has 0 amide bonds. The van der Waals surface area contributed by atoms with E-state index in [1.165, 1.54) is 10.9 Å². The first-order chi connectivity index (χ1) is 8.65. The lowest BCUT2D eigenvalue weighted by molar-refractivity contribution is -0.0488. The molecule has 3 N–H and O–H groups in total. The Hall–Kier alpha value is -1.48. The van der Waals surface area contributed by atoms with Crippen LogP contribution < -0.4 is 0 Å². The summed E-state index contributed by atoms with van der Waals surface area (Å²) in [5.41, 5.74) is 0.509. The summed E-state index contributed by atoms with van der Waals surface area (Å²) in [5.74, 6) is -0.315. The molecule has 0 saturated heterocycles. The van der Waals surface area contributed by atoms with Crippen LogP contribution in [0.4, 0.5) is 0 Å². The highest BCUT2D eigenvalue weighted by atomic mass is 35.5. The summed E-state index contributed by atoms with van der Waals surface area (Å²) in [6.07, 6.45) is 0.703. The fourth-order valence-corrected chi connectivity index (χ4v) is 1.51. The molecule has 9 heteroatoms. The summed E-state index contributed by atoms with van der Waals surface area (Å²) in [4.78, 5) is 11.4. The molecule has 0 spiro atoms. The van der Waals surface area contributed by atoms with Gasteiger partial charge in [-0.2, -0.15) is 9.97 Å². The van der Waals surface area contributed by atoms with Crippen molar-refractivity contribution in [2.45, 2.75) is 12.8 Å². The fraction of sp³-hybridized carbons (Fsp3) is 0.444. The number of imidazole rings is 1. The Balaban J connectivity index is 2.24. The molecular weight excluding hydrogens is 264 g/mol. The van der Waals surface area contributed by atoms with Crippen LogP contribution in [0.2, 0.25) is 5.28 Å². The lowest BCUT2D eigenvalue weighted by Crippen LogP contribution is -2.23. The van der Waals surface area contributed by atoms with E-state index in [4.69, 9.17) is 26.6 Å². The Bertz CT molecular complexity index is 543. The quantitative estimate of drug-likeness (QED) is 0.631. The maximum absolute atomic E-state index is 9.50. The second-order valence-electron chi connectivity index (χ2n) is 3.49. The van der Waals surface area contributed by atoms with Crippen LogP contribution in [-0.4, -0.2) is 54.2 Å². The van der Waals surface area contributed by atoms with Crippen molar-refractivity contribution in [3.63, 3.8) is 0 Å². The van der Waals surface area contributed by atoms with E-state index < -0.39 is 6.10 Å². The number of rotatable bonds is 5. The SMILES string of the molecule is OCC(CO)OCn1cnc2c(O)nc(Cl)nc21. The molecule has 2 rings (SSSR count). The third kappa shape index (κ3) is 2.51. The highest BCUT2D eigenvalue weighted by Crippen LogP contribution is 2.21. The van der Waals surface area contributed by atoms with Crippen molar-refractivity contribution >= 4 is 22.8 Å². The van der Waals surface area contributed by atoms with Crippen LogP contribution in [0.15, 0.2) is 6.33 Å². The Morgan fingerprint density at radius 3 is 2.72 bits per heavy atom. The molecule has 0 aliphatic carbocycles. The van der Waals surface area contributed by atoms with E-state index in [0.717, 1.165) is 0 Å². The molecule has 0 radical (unpaired) electrons. The van der Waals surface area contributed by atoms with Crippen LogP contribution in [0.25, 0.3) is 11.2 Å². The van der Waals surface area contributed by atoms with E-state index in [2.05, 4.69) is 15.0 Å². The van der Waals surface area contributed by atoms with E-state index in [-0.39, 0.29) is 36.6 Å². The monoisotopic (exact) mass is 274 g/mol. The fourth-order valence-electron chi connectivity index (χ4n) is 1.35. The molecule has 2 heterocycles. The molecule has 0 saturated carbocycles. The van der Waals surface area contributed by atoms with Crippen molar-refractivity contribution in [3.8, 4) is 5.88 Å². The smallest absolute Gasteiger partial charge is 0.244 e. The number of nitrogens with zero attached hydrogens (tertiary/aromatic N) is 4. The van der Waals surface area contributed by atoms with E-state index >= 15 is 0 Å². The summed E-state index contributed by atoms with van der Waals surface area (Å²) in [6.45, 7) is -0.594. The summed E-state index contributed by atoms with van der Waals surface area (Å²) < 4.78 is 6.68. The first-order valence-corrected chi connectivity index (χ1v) is 5.44. The van der Waals surface area contributed by atoms with E-state index in [0.29, 0.717) is 5.65 Å². The topological polar surface area (TPSA) is 114 Å². The molecule has 0 bridgehead atoms. The van der Waals surface area contributed by atoms with Gasteiger partial charge in [0.2, 0.25) is 11.2 Å². The largest absolute Gasteiger partial charge is 0.492 e. The molecule has 8 nitrogen and oxygen atoms in total. The Labute approximate surface area is 106 Å². The minimum absolute atomic E-state index is 0.00900. The second-order valence-corrected chi connectivity index (χ2v) is 3.82. The first kappa shape index (κ1) is 13.0. The summed E-state index contributed by atoms with van der Waals surface area (Å²) >= 11 is 5.63. The van der Waals surface area contributed by atoms with Crippen LogP contribution in [0, 0.1) is 0 Å². The van der Waals surface area contributed by atoms with Crippen molar-refractivity contribution in [2.24, 2.45) is 0 Å². The average Bonchev–Trinajstić information content (AvgIpc) is 2.74. The average molecular weight is 275 g/mol. The molecule has 0 aliphatic rings. The van der Waals surface area contributed by atoms with Crippen LogP contribution in [0.1, 0.15) is 0 Å². The van der Waals surface area contributed by atoms with Gasteiger partial charge in [-0.1, -0.05) is 0 Å². The van der Waals surface area contributed by atoms with Crippen molar-refractivity contribution in [2.75, 3.05) is 13.2 Å². The van der Waals surface area contributed by atoms with Crippen molar-refractivity contribution in [1.82, 2.24) is 19.5 Å². The molecule has 0 aromatic carbocycles. The lowest BCUT2D eigenvalue weighted by Gasteiger charge is -2.12. The number of aliphatic hydroxyl groups is 2. The van der Waals surface area contributed by atoms with E-state index in [9.17, 15) is 5.11 Å². The second kappa shape index (κ2) is 5.44. The molecule has 2 aromatic heterocycles. The third-order valence-electron chi connectivity index (χ3n) is 2.27. The zero-order chi connectivity index (χ0) is 13.1.